The number of halogens is 3. The van der Waals surface area contributed by atoms with Gasteiger partial charge < -0.3 is 4.74 Å². The quantitative estimate of drug-likeness (QED) is 0.570. The molecule has 0 saturated carbocycles. The van der Waals surface area contributed by atoms with E-state index >= 15 is 0 Å². The van der Waals surface area contributed by atoms with E-state index in [-0.39, 0.29) is 22.9 Å². The molecule has 0 aromatic heterocycles. The van der Waals surface area contributed by atoms with Crippen LogP contribution in [-0.4, -0.2) is 33.1 Å². The van der Waals surface area contributed by atoms with Crippen LogP contribution in [0.1, 0.15) is 10.4 Å². The Morgan fingerprint density at radius 1 is 1.42 bits per heavy atom. The van der Waals surface area contributed by atoms with Crippen molar-refractivity contribution in [2.75, 3.05) is 23.5 Å². The summed E-state index contributed by atoms with van der Waals surface area (Å²) in [6, 6.07) is 3.08. The standard InChI is InChI=1S/C10H10Br2ClNO4S/c1-18-10(15)7-4-6(11)5-8(12)9(7)14-19(16,17)3-2-13/h4-5,14H,2-3H2,1H3. The van der Waals surface area contributed by atoms with E-state index in [4.69, 9.17) is 11.6 Å². The molecule has 1 rings (SSSR count). The lowest BCUT2D eigenvalue weighted by Crippen LogP contribution is -2.20. The molecular formula is C10H10Br2ClNO4S. The summed E-state index contributed by atoms with van der Waals surface area (Å²) in [6.45, 7) is 0. The van der Waals surface area contributed by atoms with Crippen LogP contribution in [0.3, 0.4) is 0 Å². The minimum Gasteiger partial charge on any atom is -0.465 e. The summed E-state index contributed by atoms with van der Waals surface area (Å²) in [5, 5.41) is 0. The van der Waals surface area contributed by atoms with Gasteiger partial charge in [0.2, 0.25) is 10.0 Å². The number of anilines is 1. The van der Waals surface area contributed by atoms with Gasteiger partial charge in [-0.25, -0.2) is 13.2 Å². The van der Waals surface area contributed by atoms with Crippen LogP contribution in [0.15, 0.2) is 21.1 Å². The fraction of sp³-hybridized carbons (Fsp3) is 0.300. The van der Waals surface area contributed by atoms with E-state index in [0.29, 0.717) is 8.95 Å². The molecular weight excluding hydrogens is 425 g/mol. The minimum absolute atomic E-state index is 0.0446. The van der Waals surface area contributed by atoms with E-state index in [0.717, 1.165) is 0 Å². The normalized spacial score (nSPS) is 11.2. The van der Waals surface area contributed by atoms with Crippen molar-refractivity contribution < 1.29 is 17.9 Å². The number of methoxy groups -OCH3 is 1. The molecule has 19 heavy (non-hydrogen) atoms. The third-order valence-electron chi connectivity index (χ3n) is 2.06. The van der Waals surface area contributed by atoms with Crippen molar-refractivity contribution in [2.45, 2.75) is 0 Å². The molecule has 0 unspecified atom stereocenters. The predicted molar refractivity (Wildman–Crippen MR) is 81.3 cm³/mol. The van der Waals surface area contributed by atoms with E-state index in [2.05, 4.69) is 41.3 Å². The van der Waals surface area contributed by atoms with Gasteiger partial charge in [-0.05, 0) is 28.1 Å². The van der Waals surface area contributed by atoms with Gasteiger partial charge >= 0.3 is 5.97 Å². The fourth-order valence-corrected chi connectivity index (χ4v) is 4.16. The summed E-state index contributed by atoms with van der Waals surface area (Å²) >= 11 is 11.8. The largest absolute Gasteiger partial charge is 0.465 e. The molecule has 0 aliphatic heterocycles. The highest BCUT2D eigenvalue weighted by atomic mass is 79.9. The van der Waals surface area contributed by atoms with E-state index in [1.807, 2.05) is 0 Å². The fourth-order valence-electron chi connectivity index (χ4n) is 1.26. The van der Waals surface area contributed by atoms with Crippen molar-refractivity contribution in [3.05, 3.63) is 26.6 Å². The second-order valence-electron chi connectivity index (χ2n) is 3.41. The SMILES string of the molecule is COC(=O)c1cc(Br)cc(Br)c1NS(=O)(=O)CCCl. The smallest absolute Gasteiger partial charge is 0.340 e. The third-order valence-corrected chi connectivity index (χ3v) is 4.82. The first-order valence-electron chi connectivity index (χ1n) is 4.94. The molecule has 0 atom stereocenters. The van der Waals surface area contributed by atoms with Gasteiger partial charge in [-0.3, -0.25) is 4.72 Å². The number of rotatable bonds is 5. The number of sulfonamides is 1. The van der Waals surface area contributed by atoms with Crippen molar-refractivity contribution in [1.29, 1.82) is 0 Å². The number of ether oxygens (including phenoxy) is 1. The van der Waals surface area contributed by atoms with Gasteiger partial charge in [0.25, 0.3) is 0 Å². The summed E-state index contributed by atoms with van der Waals surface area (Å²) < 4.78 is 31.4. The highest BCUT2D eigenvalue weighted by Crippen LogP contribution is 2.32. The van der Waals surface area contributed by atoms with Crippen LogP contribution in [0.2, 0.25) is 0 Å². The van der Waals surface area contributed by atoms with Crippen LogP contribution < -0.4 is 4.72 Å². The summed E-state index contributed by atoms with van der Waals surface area (Å²) in [4.78, 5) is 11.7. The average Bonchev–Trinajstić information content (AvgIpc) is 2.31. The molecule has 1 N–H and O–H groups in total. The molecule has 0 fully saturated rings. The highest BCUT2D eigenvalue weighted by molar-refractivity contribution is 9.11. The Hall–Kier alpha value is -0.310. The van der Waals surface area contributed by atoms with Crippen LogP contribution in [0.25, 0.3) is 0 Å². The monoisotopic (exact) mass is 433 g/mol. The topological polar surface area (TPSA) is 72.5 Å². The molecule has 0 radical (unpaired) electrons. The Kier molecular flexibility index (Phi) is 6.10. The summed E-state index contributed by atoms with van der Waals surface area (Å²) in [5.74, 6) is -0.945. The Bertz CT molecular complexity index is 591. The van der Waals surface area contributed by atoms with Crippen LogP contribution in [0, 0.1) is 0 Å². The number of carbonyl (C=O) groups excluding carboxylic acids is 1. The van der Waals surface area contributed by atoms with Crippen molar-refractivity contribution in [2.24, 2.45) is 0 Å². The first-order valence-corrected chi connectivity index (χ1v) is 8.72. The van der Waals surface area contributed by atoms with Crippen molar-refractivity contribution in [3.63, 3.8) is 0 Å². The molecule has 5 nitrogen and oxygen atoms in total. The van der Waals surface area contributed by atoms with Crippen molar-refractivity contribution >= 4 is 65.1 Å². The second kappa shape index (κ2) is 6.92. The number of nitrogens with one attached hydrogen (secondary N) is 1. The third kappa shape index (κ3) is 4.62. The maximum absolute atomic E-state index is 11.7. The molecule has 0 aliphatic carbocycles. The summed E-state index contributed by atoms with van der Waals surface area (Å²) in [7, 11) is -2.40. The lowest BCUT2D eigenvalue weighted by molar-refractivity contribution is 0.0602. The van der Waals surface area contributed by atoms with E-state index < -0.39 is 16.0 Å². The van der Waals surface area contributed by atoms with Gasteiger partial charge in [0.05, 0.1) is 24.1 Å². The number of carbonyl (C=O) groups is 1. The van der Waals surface area contributed by atoms with Crippen LogP contribution in [0.4, 0.5) is 5.69 Å². The molecule has 1 aromatic carbocycles. The zero-order chi connectivity index (χ0) is 14.6. The average molecular weight is 436 g/mol. The number of benzene rings is 1. The van der Waals surface area contributed by atoms with Crippen LogP contribution >= 0.6 is 43.5 Å². The van der Waals surface area contributed by atoms with Gasteiger partial charge in [0.15, 0.2) is 0 Å². The zero-order valence-electron chi connectivity index (χ0n) is 9.74. The highest BCUT2D eigenvalue weighted by Gasteiger charge is 2.20. The summed E-state index contributed by atoms with van der Waals surface area (Å²) in [5.41, 5.74) is 0.224. The first kappa shape index (κ1) is 16.7. The Balaban J connectivity index is 3.30. The molecule has 106 valence electrons. The number of hydrogen-bond acceptors (Lipinski definition) is 4. The van der Waals surface area contributed by atoms with Gasteiger partial charge in [-0.1, -0.05) is 15.9 Å². The minimum atomic E-state index is -3.62. The Labute approximate surface area is 133 Å². The Morgan fingerprint density at radius 2 is 2.05 bits per heavy atom. The maximum atomic E-state index is 11.7. The number of esters is 1. The van der Waals surface area contributed by atoms with Crippen molar-refractivity contribution in [3.8, 4) is 0 Å². The Morgan fingerprint density at radius 3 is 2.58 bits per heavy atom. The molecule has 0 amide bonds. The van der Waals surface area contributed by atoms with Gasteiger partial charge in [-0.2, -0.15) is 0 Å². The van der Waals surface area contributed by atoms with Crippen molar-refractivity contribution in [1.82, 2.24) is 0 Å². The van der Waals surface area contributed by atoms with Gasteiger partial charge in [0.1, 0.15) is 0 Å². The first-order chi connectivity index (χ1) is 8.80. The molecule has 0 heterocycles. The lowest BCUT2D eigenvalue weighted by Gasteiger charge is -2.13. The van der Waals surface area contributed by atoms with E-state index in [1.54, 1.807) is 6.07 Å². The molecule has 1 aromatic rings. The van der Waals surface area contributed by atoms with E-state index in [1.165, 1.54) is 13.2 Å². The van der Waals surface area contributed by atoms with Crippen LogP contribution in [-0.2, 0) is 14.8 Å². The molecule has 0 saturated heterocycles. The van der Waals surface area contributed by atoms with Crippen LogP contribution in [0.5, 0.6) is 0 Å². The van der Waals surface area contributed by atoms with E-state index in [9.17, 15) is 13.2 Å². The number of alkyl halides is 1. The summed E-state index contributed by atoms with van der Waals surface area (Å²) in [6.07, 6.45) is 0. The van der Waals surface area contributed by atoms with Gasteiger partial charge in [-0.15, -0.1) is 11.6 Å². The molecule has 0 aliphatic rings. The van der Waals surface area contributed by atoms with Gasteiger partial charge in [0, 0.05) is 14.8 Å². The maximum Gasteiger partial charge on any atom is 0.340 e. The molecule has 9 heteroatoms. The number of hydrogen-bond donors (Lipinski definition) is 1. The molecule has 0 bridgehead atoms. The predicted octanol–water partition coefficient (Wildman–Crippen LogP) is 2.98. The second-order valence-corrected chi connectivity index (χ2v) is 7.40. The molecule has 0 spiro atoms. The zero-order valence-corrected chi connectivity index (χ0v) is 14.5. The lowest BCUT2D eigenvalue weighted by atomic mass is 10.2.